The lowest BCUT2D eigenvalue weighted by Gasteiger charge is -2.19. The molecule has 37 heavy (non-hydrogen) atoms. The number of aromatic nitrogens is 1. The first-order valence-electron chi connectivity index (χ1n) is 11.6. The minimum Gasteiger partial charge on any atom is -0.467 e. The fourth-order valence-corrected chi connectivity index (χ4v) is 6.08. The molecule has 9 heteroatoms. The number of nitrogens with one attached hydrogen (secondary N) is 1. The lowest BCUT2D eigenvalue weighted by atomic mass is 10.1. The molecule has 2 aromatic heterocycles. The number of carbonyl (C=O) groups is 1. The summed E-state index contributed by atoms with van der Waals surface area (Å²) in [4.78, 5) is 20.2. The Labute approximate surface area is 219 Å². The van der Waals surface area contributed by atoms with Gasteiger partial charge < -0.3 is 4.42 Å². The fraction of sp³-hybridized carbons (Fsp3) is 0.143. The molecular weight excluding hydrogens is 506 g/mol. The largest absolute Gasteiger partial charge is 0.467 e. The summed E-state index contributed by atoms with van der Waals surface area (Å²) >= 11 is 1.46. The van der Waals surface area contributed by atoms with Gasteiger partial charge in [0, 0.05) is 11.3 Å². The SMILES string of the molecule is Cc1ccc(S(=O)(=O)Nc2ccc(C(=O)N(Cc3ccco3)c3nc4c(C)ccc(C)c4s3)cc2)cc1. The molecule has 0 bridgehead atoms. The number of hydrogen-bond donors (Lipinski definition) is 1. The first-order valence-corrected chi connectivity index (χ1v) is 13.9. The summed E-state index contributed by atoms with van der Waals surface area (Å²) in [6.07, 6.45) is 1.57. The molecule has 5 rings (SSSR count). The van der Waals surface area contributed by atoms with Crippen molar-refractivity contribution in [2.45, 2.75) is 32.2 Å². The van der Waals surface area contributed by atoms with E-state index in [9.17, 15) is 13.2 Å². The van der Waals surface area contributed by atoms with Crippen LogP contribution in [-0.4, -0.2) is 19.3 Å². The lowest BCUT2D eigenvalue weighted by molar-refractivity contribution is 0.0983. The monoisotopic (exact) mass is 531 g/mol. The van der Waals surface area contributed by atoms with Crippen LogP contribution in [0.25, 0.3) is 10.2 Å². The summed E-state index contributed by atoms with van der Waals surface area (Å²) in [6, 6.07) is 20.6. The van der Waals surface area contributed by atoms with Crippen molar-refractivity contribution in [2.24, 2.45) is 0 Å². The minimum absolute atomic E-state index is 0.171. The third-order valence-corrected chi connectivity index (χ3v) is 8.63. The summed E-state index contributed by atoms with van der Waals surface area (Å²) in [6.45, 7) is 6.14. The molecule has 0 radical (unpaired) electrons. The van der Waals surface area contributed by atoms with Gasteiger partial charge >= 0.3 is 0 Å². The second kappa shape index (κ2) is 9.84. The number of carbonyl (C=O) groups excluding carboxylic acids is 1. The van der Waals surface area contributed by atoms with Crippen LogP contribution in [0.1, 0.15) is 32.8 Å². The summed E-state index contributed by atoms with van der Waals surface area (Å²) in [7, 11) is -3.75. The van der Waals surface area contributed by atoms with Crippen LogP contribution in [0, 0.1) is 20.8 Å². The second-order valence-corrected chi connectivity index (χ2v) is 11.5. The number of furan rings is 1. The van der Waals surface area contributed by atoms with E-state index in [4.69, 9.17) is 9.40 Å². The Morgan fingerprint density at radius 2 is 1.65 bits per heavy atom. The van der Waals surface area contributed by atoms with Gasteiger partial charge in [-0.2, -0.15) is 0 Å². The molecule has 0 fully saturated rings. The van der Waals surface area contributed by atoms with Gasteiger partial charge in [0.2, 0.25) is 0 Å². The predicted molar refractivity (Wildman–Crippen MR) is 147 cm³/mol. The van der Waals surface area contributed by atoms with Crippen molar-refractivity contribution in [1.82, 2.24) is 4.98 Å². The number of anilines is 2. The highest BCUT2D eigenvalue weighted by Gasteiger charge is 2.24. The van der Waals surface area contributed by atoms with Gasteiger partial charge in [0.1, 0.15) is 5.76 Å². The average molecular weight is 532 g/mol. The van der Waals surface area contributed by atoms with Gasteiger partial charge in [-0.3, -0.25) is 14.4 Å². The van der Waals surface area contributed by atoms with Crippen molar-refractivity contribution in [3.05, 3.63) is 107 Å². The van der Waals surface area contributed by atoms with Crippen molar-refractivity contribution < 1.29 is 17.6 Å². The molecule has 0 saturated heterocycles. The first kappa shape index (κ1) is 24.7. The Kier molecular flexibility index (Phi) is 6.57. The van der Waals surface area contributed by atoms with Gasteiger partial charge in [-0.15, -0.1) is 0 Å². The lowest BCUT2D eigenvalue weighted by Crippen LogP contribution is -2.30. The van der Waals surface area contributed by atoms with Crippen LogP contribution in [0.3, 0.4) is 0 Å². The quantitative estimate of drug-likeness (QED) is 0.260. The molecule has 1 amide bonds. The van der Waals surface area contributed by atoms with Crippen molar-refractivity contribution in [2.75, 3.05) is 9.62 Å². The number of nitrogens with zero attached hydrogens (tertiary/aromatic N) is 2. The molecule has 3 aromatic carbocycles. The van der Waals surface area contributed by atoms with E-state index in [1.807, 2.05) is 32.9 Å². The van der Waals surface area contributed by atoms with Crippen molar-refractivity contribution in [3.63, 3.8) is 0 Å². The molecule has 188 valence electrons. The average Bonchev–Trinajstić information content (AvgIpc) is 3.56. The topological polar surface area (TPSA) is 92.5 Å². The Bertz CT molecular complexity index is 1630. The summed E-state index contributed by atoms with van der Waals surface area (Å²) < 4.78 is 34.6. The van der Waals surface area contributed by atoms with Gasteiger partial charge in [0.15, 0.2) is 5.13 Å². The molecule has 0 aliphatic carbocycles. The minimum atomic E-state index is -3.75. The van der Waals surface area contributed by atoms with Crippen molar-refractivity contribution >= 4 is 48.3 Å². The Balaban J connectivity index is 1.44. The van der Waals surface area contributed by atoms with Gasteiger partial charge in [-0.25, -0.2) is 13.4 Å². The summed E-state index contributed by atoms with van der Waals surface area (Å²) in [5, 5.41) is 0.568. The Hall–Kier alpha value is -3.95. The van der Waals surface area contributed by atoms with Crippen LogP contribution in [-0.2, 0) is 16.6 Å². The number of hydrogen-bond acceptors (Lipinski definition) is 6. The molecule has 0 atom stereocenters. The maximum absolute atomic E-state index is 13.7. The van der Waals surface area contributed by atoms with E-state index in [0.29, 0.717) is 22.1 Å². The highest BCUT2D eigenvalue weighted by molar-refractivity contribution is 7.92. The predicted octanol–water partition coefficient (Wildman–Crippen LogP) is 6.46. The highest BCUT2D eigenvalue weighted by Crippen LogP contribution is 2.34. The van der Waals surface area contributed by atoms with Gasteiger partial charge in [0.25, 0.3) is 15.9 Å². The van der Waals surface area contributed by atoms with E-state index < -0.39 is 10.0 Å². The van der Waals surface area contributed by atoms with Gasteiger partial charge in [-0.1, -0.05) is 41.2 Å². The molecule has 0 unspecified atom stereocenters. The molecule has 5 aromatic rings. The van der Waals surface area contributed by atoms with Crippen LogP contribution in [0.2, 0.25) is 0 Å². The van der Waals surface area contributed by atoms with Gasteiger partial charge in [0.05, 0.1) is 27.9 Å². The van der Waals surface area contributed by atoms with Crippen LogP contribution in [0.5, 0.6) is 0 Å². The van der Waals surface area contributed by atoms with Crippen LogP contribution < -0.4 is 9.62 Å². The zero-order chi connectivity index (χ0) is 26.2. The molecule has 0 aliphatic heterocycles. The molecule has 2 heterocycles. The molecular formula is C28H25N3O4S2. The maximum atomic E-state index is 13.7. The van der Waals surface area contributed by atoms with E-state index in [1.54, 1.807) is 65.8 Å². The normalized spacial score (nSPS) is 11.5. The van der Waals surface area contributed by atoms with Gasteiger partial charge in [-0.05, 0) is 80.4 Å². The zero-order valence-corrected chi connectivity index (χ0v) is 22.2. The summed E-state index contributed by atoms with van der Waals surface area (Å²) in [5.41, 5.74) is 4.75. The Morgan fingerprint density at radius 1 is 0.946 bits per heavy atom. The number of fused-ring (bicyclic) bond motifs is 1. The number of rotatable bonds is 7. The maximum Gasteiger partial charge on any atom is 0.261 e. The smallest absolute Gasteiger partial charge is 0.261 e. The van der Waals surface area contributed by atoms with Crippen molar-refractivity contribution in [1.29, 1.82) is 0 Å². The first-order chi connectivity index (χ1) is 17.7. The number of amides is 1. The molecule has 7 nitrogen and oxygen atoms in total. The zero-order valence-electron chi connectivity index (χ0n) is 20.6. The molecule has 1 N–H and O–H groups in total. The standard InChI is InChI=1S/C28H25N3O4S2/c1-18-6-14-24(15-7-18)37(33,34)30-22-12-10-21(11-13-22)27(32)31(17-23-5-4-16-35-23)28-29-25-19(2)8-9-20(3)26(25)36-28/h4-16,30H,17H2,1-3H3. The Morgan fingerprint density at radius 3 is 2.30 bits per heavy atom. The van der Waals surface area contributed by atoms with E-state index in [-0.39, 0.29) is 17.3 Å². The third kappa shape index (κ3) is 5.14. The number of aryl methyl sites for hydroxylation is 3. The molecule has 0 spiro atoms. The molecule has 0 aliphatic rings. The number of sulfonamides is 1. The fourth-order valence-electron chi connectivity index (χ4n) is 3.92. The molecule has 0 saturated carbocycles. The van der Waals surface area contributed by atoms with E-state index >= 15 is 0 Å². The van der Waals surface area contributed by atoms with E-state index in [0.717, 1.165) is 26.9 Å². The second-order valence-electron chi connectivity index (χ2n) is 8.84. The third-order valence-electron chi connectivity index (χ3n) is 6.02. The number of thiazole rings is 1. The number of benzene rings is 3. The van der Waals surface area contributed by atoms with Crippen LogP contribution in [0.4, 0.5) is 10.8 Å². The van der Waals surface area contributed by atoms with Crippen LogP contribution in [0.15, 0.2) is 88.4 Å². The summed E-state index contributed by atoms with van der Waals surface area (Å²) in [5.74, 6) is 0.363. The van der Waals surface area contributed by atoms with Crippen LogP contribution >= 0.6 is 11.3 Å². The van der Waals surface area contributed by atoms with Crippen molar-refractivity contribution in [3.8, 4) is 0 Å². The van der Waals surface area contributed by atoms with E-state index in [2.05, 4.69) is 10.8 Å². The highest BCUT2D eigenvalue weighted by atomic mass is 32.2. The van der Waals surface area contributed by atoms with E-state index in [1.165, 1.54) is 11.3 Å².